The van der Waals surface area contributed by atoms with Crippen molar-refractivity contribution in [1.82, 2.24) is 5.01 Å². The van der Waals surface area contributed by atoms with Gasteiger partial charge < -0.3 is 14.8 Å². The quantitative estimate of drug-likeness (QED) is 0.352. The van der Waals surface area contributed by atoms with Gasteiger partial charge in [0.05, 0.1) is 24.9 Å². The molecule has 2 amide bonds. The Morgan fingerprint density at radius 1 is 1.19 bits per heavy atom. The van der Waals surface area contributed by atoms with Gasteiger partial charge in [-0.05, 0) is 61.7 Å². The van der Waals surface area contributed by atoms with Crippen molar-refractivity contribution < 1.29 is 32.2 Å². The zero-order valence-corrected chi connectivity index (χ0v) is 19.9. The molecule has 2 aromatic rings. The number of rotatable bonds is 8. The Bertz CT molecular complexity index is 1160. The van der Waals surface area contributed by atoms with Crippen molar-refractivity contribution >= 4 is 35.0 Å². The lowest BCUT2D eigenvalue weighted by atomic mass is 9.76. The monoisotopic (exact) mass is 522 g/mol. The standard InChI is InChI=1S/C24H22ClF3N4O4/c1-2-35-21(33)23(13-3-4-14-29)15-32(31-20(23)16-5-7-17(25)8-6-16)22(34)30-18-9-11-19(12-10-18)36-24(26,27)28/h5-12H,2-4,13,15H2,1H3,(H,30,34). The van der Waals surface area contributed by atoms with E-state index in [1.165, 1.54) is 12.1 Å². The van der Waals surface area contributed by atoms with Gasteiger partial charge in [-0.1, -0.05) is 23.7 Å². The SMILES string of the molecule is CCOC(=O)C1(CCCC#N)CN(C(=O)Nc2ccc(OC(F)(F)F)cc2)N=C1c1ccc(Cl)cc1. The van der Waals surface area contributed by atoms with E-state index in [4.69, 9.17) is 21.6 Å². The predicted molar refractivity (Wildman–Crippen MR) is 125 cm³/mol. The number of ether oxygens (including phenoxy) is 2. The lowest BCUT2D eigenvalue weighted by Crippen LogP contribution is -2.44. The fraction of sp³-hybridized carbons (Fsp3) is 0.333. The molecular weight excluding hydrogens is 501 g/mol. The van der Waals surface area contributed by atoms with Crippen molar-refractivity contribution in [2.45, 2.75) is 32.5 Å². The van der Waals surface area contributed by atoms with Gasteiger partial charge in [0.15, 0.2) is 0 Å². The Labute approximate surface area is 210 Å². The first kappa shape index (κ1) is 26.8. The third-order valence-corrected chi connectivity index (χ3v) is 5.60. The number of hydrazone groups is 1. The number of halogens is 4. The average Bonchev–Trinajstić information content (AvgIpc) is 3.21. The fourth-order valence-corrected chi connectivity index (χ4v) is 3.89. The van der Waals surface area contributed by atoms with E-state index in [0.717, 1.165) is 17.1 Å². The molecule has 1 heterocycles. The van der Waals surface area contributed by atoms with E-state index in [2.05, 4.69) is 15.2 Å². The van der Waals surface area contributed by atoms with Crippen LogP contribution < -0.4 is 10.1 Å². The Kier molecular flexibility index (Phi) is 8.42. The van der Waals surface area contributed by atoms with Crippen molar-refractivity contribution in [2.24, 2.45) is 10.5 Å². The number of urea groups is 1. The van der Waals surface area contributed by atoms with E-state index >= 15 is 0 Å². The maximum absolute atomic E-state index is 13.2. The van der Waals surface area contributed by atoms with Gasteiger partial charge in [-0.2, -0.15) is 10.4 Å². The van der Waals surface area contributed by atoms with Crippen molar-refractivity contribution in [3.8, 4) is 11.8 Å². The maximum atomic E-state index is 13.2. The van der Waals surface area contributed by atoms with Crippen LogP contribution >= 0.6 is 11.6 Å². The molecule has 0 aliphatic carbocycles. The van der Waals surface area contributed by atoms with Gasteiger partial charge in [0.25, 0.3) is 0 Å². The van der Waals surface area contributed by atoms with Crippen LogP contribution in [0.15, 0.2) is 53.6 Å². The van der Waals surface area contributed by atoms with Crippen molar-refractivity contribution in [1.29, 1.82) is 5.26 Å². The van der Waals surface area contributed by atoms with Crippen LogP contribution in [0.3, 0.4) is 0 Å². The third-order valence-electron chi connectivity index (χ3n) is 5.34. The highest BCUT2D eigenvalue weighted by Crippen LogP contribution is 2.38. The largest absolute Gasteiger partial charge is 0.573 e. The molecule has 3 rings (SSSR count). The van der Waals surface area contributed by atoms with Crippen LogP contribution in [0.1, 0.15) is 31.7 Å². The Morgan fingerprint density at radius 3 is 2.44 bits per heavy atom. The van der Waals surface area contributed by atoms with Crippen molar-refractivity contribution in [3.63, 3.8) is 0 Å². The van der Waals surface area contributed by atoms with E-state index in [1.54, 1.807) is 31.2 Å². The summed E-state index contributed by atoms with van der Waals surface area (Å²) in [6.45, 7) is 1.60. The van der Waals surface area contributed by atoms with E-state index in [1.807, 2.05) is 6.07 Å². The summed E-state index contributed by atoms with van der Waals surface area (Å²) in [7, 11) is 0. The van der Waals surface area contributed by atoms with E-state index in [9.17, 15) is 22.8 Å². The van der Waals surface area contributed by atoms with Crippen LogP contribution in [0.5, 0.6) is 5.75 Å². The van der Waals surface area contributed by atoms with Crippen LogP contribution in [0, 0.1) is 16.7 Å². The summed E-state index contributed by atoms with van der Waals surface area (Å²) in [4.78, 5) is 26.2. The maximum Gasteiger partial charge on any atom is 0.573 e. The topological polar surface area (TPSA) is 104 Å². The fourth-order valence-electron chi connectivity index (χ4n) is 3.77. The number of alkyl halides is 3. The first-order chi connectivity index (χ1) is 17.1. The molecule has 1 aliphatic heterocycles. The van der Waals surface area contributed by atoms with Gasteiger partial charge in [0.1, 0.15) is 11.2 Å². The Balaban J connectivity index is 1.90. The molecule has 2 aromatic carbocycles. The second kappa shape index (κ2) is 11.3. The summed E-state index contributed by atoms with van der Waals surface area (Å²) in [5, 5.41) is 17.5. The van der Waals surface area contributed by atoms with Crippen molar-refractivity contribution in [2.75, 3.05) is 18.5 Å². The van der Waals surface area contributed by atoms with Gasteiger partial charge in [-0.25, -0.2) is 9.80 Å². The number of nitrogens with one attached hydrogen (secondary N) is 1. The number of benzene rings is 2. The molecule has 0 saturated heterocycles. The summed E-state index contributed by atoms with van der Waals surface area (Å²) in [5.41, 5.74) is -0.300. The summed E-state index contributed by atoms with van der Waals surface area (Å²) in [5.74, 6) is -1.02. The van der Waals surface area contributed by atoms with E-state index in [0.29, 0.717) is 22.7 Å². The zero-order valence-electron chi connectivity index (χ0n) is 19.1. The lowest BCUT2D eigenvalue weighted by molar-refractivity contribution is -0.274. The molecule has 0 saturated carbocycles. The molecule has 36 heavy (non-hydrogen) atoms. The molecule has 1 aliphatic rings. The van der Waals surface area contributed by atoms with Gasteiger partial charge in [0, 0.05) is 17.1 Å². The highest BCUT2D eigenvalue weighted by molar-refractivity contribution is 6.30. The highest BCUT2D eigenvalue weighted by Gasteiger charge is 2.51. The Morgan fingerprint density at radius 2 is 1.86 bits per heavy atom. The third kappa shape index (κ3) is 6.46. The highest BCUT2D eigenvalue weighted by atomic mass is 35.5. The summed E-state index contributed by atoms with van der Waals surface area (Å²) in [6.07, 6.45) is -4.09. The van der Waals surface area contributed by atoms with E-state index in [-0.39, 0.29) is 31.7 Å². The normalized spacial score (nSPS) is 17.2. The molecule has 1 N–H and O–H groups in total. The second-order valence-corrected chi connectivity index (χ2v) is 8.27. The van der Waals surface area contributed by atoms with Crippen LogP contribution in [0.25, 0.3) is 0 Å². The zero-order chi connectivity index (χ0) is 26.3. The second-order valence-electron chi connectivity index (χ2n) is 7.83. The minimum Gasteiger partial charge on any atom is -0.465 e. The number of nitrogens with zero attached hydrogens (tertiary/aromatic N) is 3. The molecule has 0 spiro atoms. The Hall–Kier alpha value is -3.78. The summed E-state index contributed by atoms with van der Waals surface area (Å²) in [6, 6.07) is 12.5. The summed E-state index contributed by atoms with van der Waals surface area (Å²) >= 11 is 6.01. The molecule has 190 valence electrons. The minimum absolute atomic E-state index is 0.102. The molecule has 1 atom stereocenters. The molecule has 0 fully saturated rings. The smallest absolute Gasteiger partial charge is 0.465 e. The number of amides is 2. The number of hydrogen-bond donors (Lipinski definition) is 1. The van der Waals surface area contributed by atoms with Gasteiger partial charge >= 0.3 is 18.4 Å². The van der Waals surface area contributed by atoms with E-state index < -0.39 is 29.5 Å². The predicted octanol–water partition coefficient (Wildman–Crippen LogP) is 5.73. The van der Waals surface area contributed by atoms with Gasteiger partial charge in [-0.15, -0.1) is 13.2 Å². The number of hydrogen-bond acceptors (Lipinski definition) is 6. The number of carbonyl (C=O) groups is 2. The van der Waals surface area contributed by atoms with Gasteiger partial charge in [-0.3, -0.25) is 4.79 Å². The van der Waals surface area contributed by atoms with Crippen LogP contribution in [0.2, 0.25) is 5.02 Å². The number of esters is 1. The van der Waals surface area contributed by atoms with Gasteiger partial charge in [0.2, 0.25) is 0 Å². The molecular formula is C24H22ClF3N4O4. The first-order valence-corrected chi connectivity index (χ1v) is 11.3. The number of carbonyl (C=O) groups excluding carboxylic acids is 2. The molecule has 8 nitrogen and oxygen atoms in total. The number of anilines is 1. The number of unbranched alkanes of at least 4 members (excludes halogenated alkanes) is 1. The van der Waals surface area contributed by atoms with Crippen LogP contribution in [-0.4, -0.2) is 42.2 Å². The minimum atomic E-state index is -4.84. The number of nitriles is 1. The average molecular weight is 523 g/mol. The molecule has 0 bridgehead atoms. The molecule has 0 radical (unpaired) electrons. The first-order valence-electron chi connectivity index (χ1n) is 10.9. The molecule has 12 heteroatoms. The lowest BCUT2D eigenvalue weighted by Gasteiger charge is -2.28. The molecule has 1 unspecified atom stereocenters. The van der Waals surface area contributed by atoms with Crippen LogP contribution in [-0.2, 0) is 9.53 Å². The molecule has 0 aromatic heterocycles. The van der Waals surface area contributed by atoms with Crippen molar-refractivity contribution in [3.05, 3.63) is 59.1 Å². The van der Waals surface area contributed by atoms with Crippen LogP contribution in [0.4, 0.5) is 23.7 Å². The summed E-state index contributed by atoms with van der Waals surface area (Å²) < 4.78 is 46.3.